The van der Waals surface area contributed by atoms with Crippen LogP contribution in [0.25, 0.3) is 0 Å². The molecule has 1 aromatic carbocycles. The lowest BCUT2D eigenvalue weighted by atomic mass is 9.82. The predicted molar refractivity (Wildman–Crippen MR) is 77.5 cm³/mol. The molecule has 1 aliphatic carbocycles. The molecule has 0 aliphatic heterocycles. The number of halogens is 2. The fourth-order valence-corrected chi connectivity index (χ4v) is 3.40. The third-order valence-electron chi connectivity index (χ3n) is 3.25. The standard InChI is InChI=1S/C13H15Br2NO2/c1-16(7-8-4-10(17)5-8)13(18)11-3-2-9(14)6-12(11)15/h2-3,6,8,10,17H,4-5,7H2,1H3. The summed E-state index contributed by atoms with van der Waals surface area (Å²) in [5.74, 6) is 0.443. The van der Waals surface area contributed by atoms with E-state index in [1.54, 1.807) is 4.90 Å². The fraction of sp³-hybridized carbons (Fsp3) is 0.462. The van der Waals surface area contributed by atoms with Gasteiger partial charge in [0.2, 0.25) is 0 Å². The van der Waals surface area contributed by atoms with Crippen LogP contribution in [0.5, 0.6) is 0 Å². The third-order valence-corrected chi connectivity index (χ3v) is 4.40. The maximum absolute atomic E-state index is 12.3. The van der Waals surface area contributed by atoms with Gasteiger partial charge in [-0.25, -0.2) is 0 Å². The van der Waals surface area contributed by atoms with Crippen LogP contribution in [0, 0.1) is 5.92 Å². The zero-order chi connectivity index (χ0) is 13.3. The summed E-state index contributed by atoms with van der Waals surface area (Å²) < 4.78 is 1.73. The largest absolute Gasteiger partial charge is 0.393 e. The minimum absolute atomic E-state index is 0.00997. The topological polar surface area (TPSA) is 40.5 Å². The van der Waals surface area contributed by atoms with Crippen molar-refractivity contribution in [1.82, 2.24) is 4.90 Å². The lowest BCUT2D eigenvalue weighted by Crippen LogP contribution is -2.39. The number of benzene rings is 1. The number of rotatable bonds is 3. The fourth-order valence-electron chi connectivity index (χ4n) is 2.19. The van der Waals surface area contributed by atoms with E-state index in [9.17, 15) is 9.90 Å². The van der Waals surface area contributed by atoms with Crippen molar-refractivity contribution in [1.29, 1.82) is 0 Å². The Morgan fingerprint density at radius 2 is 2.11 bits per heavy atom. The van der Waals surface area contributed by atoms with Gasteiger partial charge in [-0.15, -0.1) is 0 Å². The molecule has 0 heterocycles. The third kappa shape index (κ3) is 3.13. The Morgan fingerprint density at radius 1 is 1.44 bits per heavy atom. The molecule has 2 rings (SSSR count). The Labute approximate surface area is 123 Å². The summed E-state index contributed by atoms with van der Waals surface area (Å²) in [6.45, 7) is 0.707. The zero-order valence-corrected chi connectivity index (χ0v) is 13.2. The molecule has 18 heavy (non-hydrogen) atoms. The molecule has 98 valence electrons. The normalized spacial score (nSPS) is 22.4. The highest BCUT2D eigenvalue weighted by Gasteiger charge is 2.29. The first-order valence-corrected chi connectivity index (χ1v) is 7.44. The number of carbonyl (C=O) groups is 1. The smallest absolute Gasteiger partial charge is 0.254 e. The molecule has 1 saturated carbocycles. The molecule has 5 heteroatoms. The maximum atomic E-state index is 12.3. The van der Waals surface area contributed by atoms with Gasteiger partial charge in [-0.05, 0) is 52.9 Å². The zero-order valence-electron chi connectivity index (χ0n) is 10.1. The highest BCUT2D eigenvalue weighted by atomic mass is 79.9. The van der Waals surface area contributed by atoms with Crippen LogP contribution in [0.3, 0.4) is 0 Å². The lowest BCUT2D eigenvalue weighted by Gasteiger charge is -2.34. The lowest BCUT2D eigenvalue weighted by molar-refractivity contribution is 0.0265. The van der Waals surface area contributed by atoms with Gasteiger partial charge < -0.3 is 10.0 Å². The van der Waals surface area contributed by atoms with Crippen LogP contribution in [0.4, 0.5) is 0 Å². The molecule has 1 aromatic rings. The van der Waals surface area contributed by atoms with Gasteiger partial charge in [-0.3, -0.25) is 4.79 Å². The van der Waals surface area contributed by atoms with E-state index in [-0.39, 0.29) is 12.0 Å². The molecular weight excluding hydrogens is 362 g/mol. The first-order chi connectivity index (χ1) is 8.47. The van der Waals surface area contributed by atoms with Gasteiger partial charge in [0.05, 0.1) is 11.7 Å². The Kier molecular flexibility index (Phi) is 4.45. The molecule has 1 fully saturated rings. The molecule has 0 saturated heterocycles. The summed E-state index contributed by atoms with van der Waals surface area (Å²) in [6, 6.07) is 5.54. The van der Waals surface area contributed by atoms with Gasteiger partial charge in [0.25, 0.3) is 5.91 Å². The Bertz CT molecular complexity index is 458. The second kappa shape index (κ2) is 5.72. The first-order valence-electron chi connectivity index (χ1n) is 5.86. The van der Waals surface area contributed by atoms with Crippen molar-refractivity contribution in [2.75, 3.05) is 13.6 Å². The van der Waals surface area contributed by atoms with E-state index in [0.29, 0.717) is 18.0 Å². The summed E-state index contributed by atoms with van der Waals surface area (Å²) in [4.78, 5) is 14.0. The van der Waals surface area contributed by atoms with Gasteiger partial charge in [0, 0.05) is 22.5 Å². The van der Waals surface area contributed by atoms with Crippen molar-refractivity contribution in [2.45, 2.75) is 18.9 Å². The predicted octanol–water partition coefficient (Wildman–Crippen LogP) is 3.05. The van der Waals surface area contributed by atoms with E-state index in [1.807, 2.05) is 25.2 Å². The van der Waals surface area contributed by atoms with E-state index < -0.39 is 0 Å². The van der Waals surface area contributed by atoms with Crippen LogP contribution in [0.1, 0.15) is 23.2 Å². The summed E-state index contributed by atoms with van der Waals surface area (Å²) >= 11 is 6.77. The van der Waals surface area contributed by atoms with Gasteiger partial charge >= 0.3 is 0 Å². The SMILES string of the molecule is CN(CC1CC(O)C1)C(=O)c1ccc(Br)cc1Br. The molecule has 0 atom stereocenters. The molecule has 1 N–H and O–H groups in total. The van der Waals surface area contributed by atoms with Crippen LogP contribution in [-0.4, -0.2) is 35.6 Å². The minimum atomic E-state index is -0.169. The van der Waals surface area contributed by atoms with Crippen LogP contribution >= 0.6 is 31.9 Å². The number of aliphatic hydroxyl groups is 1. The van der Waals surface area contributed by atoms with Crippen molar-refractivity contribution >= 4 is 37.8 Å². The quantitative estimate of drug-likeness (QED) is 0.880. The van der Waals surface area contributed by atoms with Crippen molar-refractivity contribution in [3.63, 3.8) is 0 Å². The summed E-state index contributed by atoms with van der Waals surface area (Å²) in [5, 5.41) is 9.25. The maximum Gasteiger partial charge on any atom is 0.254 e. The Hall–Kier alpha value is -0.390. The molecule has 3 nitrogen and oxygen atoms in total. The molecule has 1 amide bonds. The van der Waals surface area contributed by atoms with Gasteiger partial charge in [-0.1, -0.05) is 15.9 Å². The number of aliphatic hydroxyl groups excluding tert-OH is 1. The number of amides is 1. The van der Waals surface area contributed by atoms with E-state index in [4.69, 9.17) is 0 Å². The van der Waals surface area contributed by atoms with Crippen molar-refractivity contribution in [3.05, 3.63) is 32.7 Å². The summed E-state index contributed by atoms with van der Waals surface area (Å²) in [6.07, 6.45) is 1.44. The van der Waals surface area contributed by atoms with Gasteiger partial charge in [0.1, 0.15) is 0 Å². The van der Waals surface area contributed by atoms with Crippen LogP contribution in [-0.2, 0) is 0 Å². The van der Waals surface area contributed by atoms with Crippen molar-refractivity contribution < 1.29 is 9.90 Å². The second-order valence-electron chi connectivity index (χ2n) is 4.80. The van der Waals surface area contributed by atoms with Crippen LogP contribution in [0.15, 0.2) is 27.1 Å². The van der Waals surface area contributed by atoms with Crippen LogP contribution < -0.4 is 0 Å². The Morgan fingerprint density at radius 3 is 2.67 bits per heavy atom. The average molecular weight is 377 g/mol. The highest BCUT2D eigenvalue weighted by Crippen LogP contribution is 2.29. The van der Waals surface area contributed by atoms with E-state index in [0.717, 1.165) is 21.8 Å². The highest BCUT2D eigenvalue weighted by molar-refractivity contribution is 9.11. The number of nitrogens with zero attached hydrogens (tertiary/aromatic N) is 1. The average Bonchev–Trinajstić information content (AvgIpc) is 2.26. The molecule has 0 spiro atoms. The van der Waals surface area contributed by atoms with Crippen LogP contribution in [0.2, 0.25) is 0 Å². The number of carbonyl (C=O) groups excluding carboxylic acids is 1. The molecule has 0 radical (unpaired) electrons. The van der Waals surface area contributed by atoms with E-state index >= 15 is 0 Å². The molecular formula is C13H15Br2NO2. The summed E-state index contributed by atoms with van der Waals surface area (Å²) in [5.41, 5.74) is 0.667. The van der Waals surface area contributed by atoms with E-state index in [2.05, 4.69) is 31.9 Å². The molecule has 0 unspecified atom stereocenters. The minimum Gasteiger partial charge on any atom is -0.393 e. The second-order valence-corrected chi connectivity index (χ2v) is 6.57. The van der Waals surface area contributed by atoms with Gasteiger partial charge in [0.15, 0.2) is 0 Å². The molecule has 0 bridgehead atoms. The number of hydrogen-bond donors (Lipinski definition) is 1. The van der Waals surface area contributed by atoms with Crippen molar-refractivity contribution in [2.24, 2.45) is 5.92 Å². The molecule has 0 aromatic heterocycles. The van der Waals surface area contributed by atoms with E-state index in [1.165, 1.54) is 0 Å². The first kappa shape index (κ1) is 14.0. The monoisotopic (exact) mass is 375 g/mol. The number of hydrogen-bond acceptors (Lipinski definition) is 2. The van der Waals surface area contributed by atoms with Crippen molar-refractivity contribution in [3.8, 4) is 0 Å². The molecule has 1 aliphatic rings. The van der Waals surface area contributed by atoms with Gasteiger partial charge in [-0.2, -0.15) is 0 Å². The summed E-state index contributed by atoms with van der Waals surface area (Å²) in [7, 11) is 1.81. The Balaban J connectivity index is 2.01.